The van der Waals surface area contributed by atoms with E-state index in [1.807, 2.05) is 0 Å². The van der Waals surface area contributed by atoms with Gasteiger partial charge in [0.25, 0.3) is 0 Å². The minimum absolute atomic E-state index is 0.0257. The van der Waals surface area contributed by atoms with Crippen molar-refractivity contribution in [2.45, 2.75) is 56.7 Å². The molecule has 3 atom stereocenters. The van der Waals surface area contributed by atoms with Crippen LogP contribution in [0.4, 0.5) is 0 Å². The minimum atomic E-state index is -1.48. The Kier molecular flexibility index (Phi) is 15.3. The van der Waals surface area contributed by atoms with Gasteiger partial charge in [0.15, 0.2) is 11.9 Å². The lowest BCUT2D eigenvalue weighted by Crippen LogP contribution is -2.53. The number of carboxylic acids is 2. The summed E-state index contributed by atoms with van der Waals surface area (Å²) in [5.74, 6) is -5.12. The standard InChI is InChI=1S/C19H36N10O7/c20-10(3-1-7-25-18(21)22)15(33)27-9-13(30)28-11(4-2-8-26-19(23)24)16(34)29-12(17(35)36)5-6-14(31)32/h10-12H,1-9,20H2,(H,27,33)(H,28,30)(H,29,34)(H,31,32)(H,35,36)(H4,21,22,25)(H4,23,24,26). The Morgan fingerprint density at radius 3 is 1.81 bits per heavy atom. The number of nitrogens with zero attached hydrogens (tertiary/aromatic N) is 2. The molecule has 0 spiro atoms. The highest BCUT2D eigenvalue weighted by atomic mass is 16.4. The van der Waals surface area contributed by atoms with Gasteiger partial charge < -0.3 is 54.8 Å². The Morgan fingerprint density at radius 1 is 0.750 bits per heavy atom. The monoisotopic (exact) mass is 516 g/mol. The number of guanidine groups is 2. The lowest BCUT2D eigenvalue weighted by molar-refractivity contribution is -0.143. The van der Waals surface area contributed by atoms with Crippen LogP contribution in [-0.2, 0) is 24.0 Å². The average Bonchev–Trinajstić information content (AvgIpc) is 2.78. The van der Waals surface area contributed by atoms with Gasteiger partial charge in [0.2, 0.25) is 17.7 Å². The van der Waals surface area contributed by atoms with E-state index in [0.717, 1.165) is 0 Å². The molecule has 0 saturated heterocycles. The van der Waals surface area contributed by atoms with E-state index in [2.05, 4.69) is 25.9 Å². The predicted molar refractivity (Wildman–Crippen MR) is 129 cm³/mol. The molecule has 204 valence electrons. The van der Waals surface area contributed by atoms with Crippen molar-refractivity contribution >= 4 is 41.6 Å². The maximum Gasteiger partial charge on any atom is 0.326 e. The number of carboxylic acid groups (broad SMARTS) is 2. The number of aliphatic carboxylic acids is 2. The molecule has 0 fully saturated rings. The van der Waals surface area contributed by atoms with Crippen molar-refractivity contribution in [2.24, 2.45) is 38.7 Å². The van der Waals surface area contributed by atoms with E-state index < -0.39 is 60.8 Å². The maximum absolute atomic E-state index is 12.6. The van der Waals surface area contributed by atoms with Crippen LogP contribution < -0.4 is 44.6 Å². The summed E-state index contributed by atoms with van der Waals surface area (Å²) in [6.07, 6.45) is 0.115. The second-order valence-electron chi connectivity index (χ2n) is 7.67. The van der Waals surface area contributed by atoms with Crippen molar-refractivity contribution in [1.82, 2.24) is 16.0 Å². The second kappa shape index (κ2) is 17.3. The van der Waals surface area contributed by atoms with Crippen molar-refractivity contribution in [1.29, 1.82) is 0 Å². The molecule has 3 unspecified atom stereocenters. The lowest BCUT2D eigenvalue weighted by Gasteiger charge is -2.21. The molecule has 0 aliphatic rings. The third kappa shape index (κ3) is 15.6. The van der Waals surface area contributed by atoms with E-state index in [-0.39, 0.29) is 50.7 Å². The molecule has 0 aliphatic heterocycles. The fourth-order valence-corrected chi connectivity index (χ4v) is 2.76. The fraction of sp³-hybridized carbons (Fsp3) is 0.632. The first kappa shape index (κ1) is 31.8. The summed E-state index contributed by atoms with van der Waals surface area (Å²) < 4.78 is 0. The van der Waals surface area contributed by atoms with E-state index in [9.17, 15) is 29.1 Å². The van der Waals surface area contributed by atoms with Gasteiger partial charge >= 0.3 is 11.9 Å². The van der Waals surface area contributed by atoms with Crippen LogP contribution in [0.5, 0.6) is 0 Å². The van der Waals surface area contributed by atoms with Gasteiger partial charge in [-0.2, -0.15) is 0 Å². The van der Waals surface area contributed by atoms with Crippen molar-refractivity contribution in [3.8, 4) is 0 Å². The predicted octanol–water partition coefficient (Wildman–Crippen LogP) is -4.54. The quantitative estimate of drug-likeness (QED) is 0.0467. The van der Waals surface area contributed by atoms with Gasteiger partial charge in [-0.05, 0) is 32.1 Å². The number of hydrogen-bond donors (Lipinski definition) is 10. The van der Waals surface area contributed by atoms with Crippen LogP contribution in [0.2, 0.25) is 0 Å². The molecule has 0 saturated carbocycles. The van der Waals surface area contributed by atoms with Crippen molar-refractivity contribution in [3.05, 3.63) is 0 Å². The van der Waals surface area contributed by atoms with E-state index in [1.54, 1.807) is 0 Å². The number of carbonyl (C=O) groups excluding carboxylic acids is 3. The third-order valence-electron chi connectivity index (χ3n) is 4.59. The second-order valence-corrected chi connectivity index (χ2v) is 7.67. The summed E-state index contributed by atoms with van der Waals surface area (Å²) in [6.45, 7) is -0.0848. The number of hydrogen-bond acceptors (Lipinski definition) is 8. The van der Waals surface area contributed by atoms with Crippen molar-refractivity contribution < 1.29 is 34.2 Å². The molecule has 0 bridgehead atoms. The molecular weight excluding hydrogens is 480 g/mol. The van der Waals surface area contributed by atoms with Crippen LogP contribution in [0, 0.1) is 0 Å². The number of nitrogens with one attached hydrogen (secondary N) is 3. The summed E-state index contributed by atoms with van der Waals surface area (Å²) in [5, 5.41) is 25.0. The number of amides is 3. The van der Waals surface area contributed by atoms with Gasteiger partial charge in [-0.15, -0.1) is 0 Å². The highest BCUT2D eigenvalue weighted by molar-refractivity contribution is 5.92. The van der Waals surface area contributed by atoms with Gasteiger partial charge in [-0.25, -0.2) is 4.79 Å². The van der Waals surface area contributed by atoms with Gasteiger partial charge in [0.1, 0.15) is 12.1 Å². The number of rotatable bonds is 18. The highest BCUT2D eigenvalue weighted by Crippen LogP contribution is 2.03. The summed E-state index contributed by atoms with van der Waals surface area (Å²) >= 11 is 0. The smallest absolute Gasteiger partial charge is 0.326 e. The highest BCUT2D eigenvalue weighted by Gasteiger charge is 2.27. The zero-order chi connectivity index (χ0) is 27.7. The van der Waals surface area contributed by atoms with Gasteiger partial charge in [0, 0.05) is 19.5 Å². The summed E-state index contributed by atoms with van der Waals surface area (Å²) in [5.41, 5.74) is 26.7. The first-order chi connectivity index (χ1) is 16.8. The Hall–Kier alpha value is -4.15. The third-order valence-corrected chi connectivity index (χ3v) is 4.59. The molecule has 0 aromatic heterocycles. The van der Waals surface area contributed by atoms with Crippen LogP contribution >= 0.6 is 0 Å². The molecule has 0 heterocycles. The molecule has 0 aromatic rings. The lowest BCUT2D eigenvalue weighted by atomic mass is 10.1. The van der Waals surface area contributed by atoms with Gasteiger partial charge in [-0.3, -0.25) is 29.2 Å². The molecule has 0 rings (SSSR count). The Balaban J connectivity index is 4.99. The fourth-order valence-electron chi connectivity index (χ4n) is 2.76. The van der Waals surface area contributed by atoms with Crippen LogP contribution in [0.15, 0.2) is 9.98 Å². The first-order valence-electron chi connectivity index (χ1n) is 11.0. The largest absolute Gasteiger partial charge is 0.481 e. The van der Waals surface area contributed by atoms with Crippen molar-refractivity contribution in [2.75, 3.05) is 19.6 Å². The summed E-state index contributed by atoms with van der Waals surface area (Å²) in [7, 11) is 0. The molecule has 15 N–H and O–H groups in total. The molecule has 0 aliphatic carbocycles. The molecule has 0 radical (unpaired) electrons. The Bertz CT molecular complexity index is 825. The van der Waals surface area contributed by atoms with Gasteiger partial charge in [-0.1, -0.05) is 0 Å². The SMILES string of the molecule is NC(N)=NCCCC(N)C(=O)NCC(=O)NC(CCCN=C(N)N)C(=O)NC(CCC(=O)O)C(=O)O. The normalized spacial score (nSPS) is 12.8. The average molecular weight is 517 g/mol. The van der Waals surface area contributed by atoms with E-state index in [0.29, 0.717) is 6.42 Å². The molecule has 0 aromatic carbocycles. The first-order valence-corrected chi connectivity index (χ1v) is 11.0. The van der Waals surface area contributed by atoms with Gasteiger partial charge in [0.05, 0.1) is 12.6 Å². The summed E-state index contributed by atoms with van der Waals surface area (Å²) in [6, 6.07) is -3.61. The van der Waals surface area contributed by atoms with E-state index in [1.165, 1.54) is 0 Å². The molecular formula is C19H36N10O7. The van der Waals surface area contributed by atoms with Crippen LogP contribution in [0.3, 0.4) is 0 Å². The van der Waals surface area contributed by atoms with Crippen LogP contribution in [-0.4, -0.2) is 89.6 Å². The summed E-state index contributed by atoms with van der Waals surface area (Å²) in [4.78, 5) is 66.7. The minimum Gasteiger partial charge on any atom is -0.481 e. The topological polar surface area (TPSA) is 317 Å². The Labute approximate surface area is 207 Å². The zero-order valence-corrected chi connectivity index (χ0v) is 19.8. The van der Waals surface area contributed by atoms with Crippen molar-refractivity contribution in [3.63, 3.8) is 0 Å². The van der Waals surface area contributed by atoms with Crippen LogP contribution in [0.25, 0.3) is 0 Å². The Morgan fingerprint density at radius 2 is 1.31 bits per heavy atom. The zero-order valence-electron chi connectivity index (χ0n) is 19.8. The molecule has 36 heavy (non-hydrogen) atoms. The molecule has 17 nitrogen and oxygen atoms in total. The van der Waals surface area contributed by atoms with E-state index >= 15 is 0 Å². The number of carbonyl (C=O) groups is 5. The maximum atomic E-state index is 12.6. The molecule has 17 heteroatoms. The van der Waals surface area contributed by atoms with E-state index in [4.69, 9.17) is 33.8 Å². The number of aliphatic imine (C=N–C) groups is 2. The molecule has 3 amide bonds. The number of nitrogens with two attached hydrogens (primary N) is 5. The van der Waals surface area contributed by atoms with Crippen LogP contribution in [0.1, 0.15) is 38.5 Å².